The van der Waals surface area contributed by atoms with E-state index in [1.165, 1.54) is 19.1 Å². The molecule has 0 aliphatic carbocycles. The van der Waals surface area contributed by atoms with Crippen LogP contribution in [0.15, 0.2) is 64.0 Å². The van der Waals surface area contributed by atoms with Gasteiger partial charge in [-0.3, -0.25) is 4.79 Å². The van der Waals surface area contributed by atoms with Gasteiger partial charge in [-0.1, -0.05) is 34.1 Å². The Hall–Kier alpha value is -1.70. The number of benzene rings is 2. The molecule has 2 rings (SSSR count). The fourth-order valence-corrected chi connectivity index (χ4v) is 3.23. The number of hydrogen-bond acceptors (Lipinski definition) is 3. The van der Waals surface area contributed by atoms with Crippen LogP contribution in [0.2, 0.25) is 0 Å². The van der Waals surface area contributed by atoms with E-state index in [-0.39, 0.29) is 4.90 Å². The van der Waals surface area contributed by atoms with Gasteiger partial charge in [-0.2, -0.15) is 4.72 Å². The summed E-state index contributed by atoms with van der Waals surface area (Å²) in [5, 5.41) is 2.66. The average Bonchev–Trinajstić information content (AvgIpc) is 2.50. The molecular formula is C15H15BrN2O3S. The van der Waals surface area contributed by atoms with E-state index in [1.54, 1.807) is 42.5 Å². The number of rotatable bonds is 5. The smallest absolute Gasteiger partial charge is 0.242 e. The van der Waals surface area contributed by atoms with Crippen LogP contribution in [0, 0.1) is 0 Å². The molecule has 2 aromatic rings. The maximum Gasteiger partial charge on any atom is 0.242 e. The Balaban J connectivity index is 2.04. The molecular weight excluding hydrogens is 368 g/mol. The minimum atomic E-state index is -3.72. The van der Waals surface area contributed by atoms with Gasteiger partial charge < -0.3 is 5.32 Å². The van der Waals surface area contributed by atoms with Gasteiger partial charge in [0, 0.05) is 10.2 Å². The first-order valence-corrected chi connectivity index (χ1v) is 8.80. The second-order valence-electron chi connectivity index (χ2n) is 4.65. The van der Waals surface area contributed by atoms with Gasteiger partial charge in [0.2, 0.25) is 15.9 Å². The molecule has 0 saturated carbocycles. The first kappa shape index (κ1) is 16.7. The van der Waals surface area contributed by atoms with Crippen molar-refractivity contribution in [1.29, 1.82) is 0 Å². The highest BCUT2D eigenvalue weighted by Crippen LogP contribution is 2.14. The van der Waals surface area contributed by atoms with Crippen LogP contribution in [0.5, 0.6) is 0 Å². The van der Waals surface area contributed by atoms with E-state index in [9.17, 15) is 13.2 Å². The maximum atomic E-state index is 12.1. The number of amides is 1. The number of carbonyl (C=O) groups is 1. The first-order chi connectivity index (χ1) is 10.4. The zero-order valence-corrected chi connectivity index (χ0v) is 14.2. The Labute approximate surface area is 137 Å². The van der Waals surface area contributed by atoms with Crippen LogP contribution >= 0.6 is 15.9 Å². The largest absolute Gasteiger partial charge is 0.325 e. The molecule has 22 heavy (non-hydrogen) atoms. The molecule has 0 aromatic heterocycles. The van der Waals surface area contributed by atoms with Crippen molar-refractivity contribution < 1.29 is 13.2 Å². The molecule has 2 aromatic carbocycles. The number of halogens is 1. The van der Waals surface area contributed by atoms with Crippen molar-refractivity contribution in [2.24, 2.45) is 0 Å². The van der Waals surface area contributed by atoms with Crippen molar-refractivity contribution in [3.63, 3.8) is 0 Å². The molecule has 0 spiro atoms. The summed E-state index contributed by atoms with van der Waals surface area (Å²) in [7, 11) is -3.72. The molecule has 5 nitrogen and oxygen atoms in total. The monoisotopic (exact) mass is 382 g/mol. The average molecular weight is 383 g/mol. The molecule has 0 heterocycles. The molecule has 1 amide bonds. The van der Waals surface area contributed by atoms with Crippen LogP contribution in [-0.2, 0) is 14.8 Å². The van der Waals surface area contributed by atoms with Gasteiger partial charge in [-0.05, 0) is 43.3 Å². The summed E-state index contributed by atoms with van der Waals surface area (Å²) >= 11 is 3.30. The molecule has 0 radical (unpaired) electrons. The molecule has 0 unspecified atom stereocenters. The second kappa shape index (κ2) is 7.04. The van der Waals surface area contributed by atoms with Gasteiger partial charge in [0.25, 0.3) is 0 Å². The Bertz CT molecular complexity index is 746. The van der Waals surface area contributed by atoms with Crippen molar-refractivity contribution >= 4 is 37.5 Å². The number of nitrogens with one attached hydrogen (secondary N) is 2. The van der Waals surface area contributed by atoms with Gasteiger partial charge in [-0.15, -0.1) is 0 Å². The van der Waals surface area contributed by atoms with E-state index in [0.717, 1.165) is 4.47 Å². The lowest BCUT2D eigenvalue weighted by Crippen LogP contribution is -2.41. The summed E-state index contributed by atoms with van der Waals surface area (Å²) in [6.45, 7) is 1.49. The van der Waals surface area contributed by atoms with Crippen LogP contribution in [0.4, 0.5) is 5.69 Å². The Morgan fingerprint density at radius 2 is 1.64 bits per heavy atom. The molecule has 0 aliphatic heterocycles. The van der Waals surface area contributed by atoms with Crippen molar-refractivity contribution in [3.8, 4) is 0 Å². The van der Waals surface area contributed by atoms with Crippen molar-refractivity contribution in [3.05, 3.63) is 59.1 Å². The lowest BCUT2D eigenvalue weighted by Gasteiger charge is -2.14. The molecule has 0 saturated heterocycles. The van der Waals surface area contributed by atoms with Crippen molar-refractivity contribution in [2.75, 3.05) is 5.32 Å². The highest BCUT2D eigenvalue weighted by atomic mass is 79.9. The predicted molar refractivity (Wildman–Crippen MR) is 89.0 cm³/mol. The Morgan fingerprint density at radius 1 is 1.05 bits per heavy atom. The molecule has 7 heteroatoms. The van der Waals surface area contributed by atoms with E-state index in [1.807, 2.05) is 0 Å². The van der Waals surface area contributed by atoms with Crippen LogP contribution in [0.3, 0.4) is 0 Å². The van der Waals surface area contributed by atoms with Crippen LogP contribution in [-0.4, -0.2) is 20.4 Å². The highest BCUT2D eigenvalue weighted by molar-refractivity contribution is 9.10. The van der Waals surface area contributed by atoms with E-state index in [4.69, 9.17) is 0 Å². The minimum absolute atomic E-state index is 0.123. The maximum absolute atomic E-state index is 12.1. The third-order valence-corrected chi connectivity index (χ3v) is 4.98. The van der Waals surface area contributed by atoms with Gasteiger partial charge in [0.05, 0.1) is 10.9 Å². The molecule has 0 bridgehead atoms. The van der Waals surface area contributed by atoms with Crippen molar-refractivity contribution in [1.82, 2.24) is 4.72 Å². The molecule has 0 fully saturated rings. The van der Waals surface area contributed by atoms with E-state index in [0.29, 0.717) is 5.69 Å². The Morgan fingerprint density at radius 3 is 2.23 bits per heavy atom. The van der Waals surface area contributed by atoms with Gasteiger partial charge in [-0.25, -0.2) is 8.42 Å². The highest BCUT2D eigenvalue weighted by Gasteiger charge is 2.21. The number of hydrogen-bond donors (Lipinski definition) is 2. The molecule has 2 N–H and O–H groups in total. The van der Waals surface area contributed by atoms with E-state index < -0.39 is 22.0 Å². The number of carbonyl (C=O) groups excluding carboxylic acids is 1. The zero-order chi connectivity index (χ0) is 16.2. The third-order valence-electron chi connectivity index (χ3n) is 2.89. The first-order valence-electron chi connectivity index (χ1n) is 6.52. The normalized spacial score (nSPS) is 12.6. The summed E-state index contributed by atoms with van der Waals surface area (Å²) in [6, 6.07) is 14.0. The molecule has 116 valence electrons. The zero-order valence-electron chi connectivity index (χ0n) is 11.8. The SMILES string of the molecule is C[C@H](NS(=O)(=O)c1ccccc1)C(=O)Nc1ccc(Br)cc1. The fourth-order valence-electron chi connectivity index (χ4n) is 1.74. The van der Waals surface area contributed by atoms with Gasteiger partial charge in [0.1, 0.15) is 0 Å². The van der Waals surface area contributed by atoms with Crippen LogP contribution < -0.4 is 10.0 Å². The lowest BCUT2D eigenvalue weighted by atomic mass is 10.3. The van der Waals surface area contributed by atoms with Crippen LogP contribution in [0.25, 0.3) is 0 Å². The van der Waals surface area contributed by atoms with Gasteiger partial charge in [0.15, 0.2) is 0 Å². The van der Waals surface area contributed by atoms with E-state index in [2.05, 4.69) is 26.0 Å². The number of anilines is 1. The second-order valence-corrected chi connectivity index (χ2v) is 7.28. The summed E-state index contributed by atoms with van der Waals surface area (Å²) < 4.78 is 27.5. The molecule has 0 aliphatic rings. The topological polar surface area (TPSA) is 75.3 Å². The summed E-state index contributed by atoms with van der Waals surface area (Å²) in [4.78, 5) is 12.2. The molecule has 1 atom stereocenters. The van der Waals surface area contributed by atoms with Gasteiger partial charge >= 0.3 is 0 Å². The van der Waals surface area contributed by atoms with E-state index >= 15 is 0 Å². The minimum Gasteiger partial charge on any atom is -0.325 e. The summed E-state index contributed by atoms with van der Waals surface area (Å²) in [6.07, 6.45) is 0. The lowest BCUT2D eigenvalue weighted by molar-refractivity contribution is -0.117. The summed E-state index contributed by atoms with van der Waals surface area (Å²) in [5.41, 5.74) is 0.596. The summed E-state index contributed by atoms with van der Waals surface area (Å²) in [5.74, 6) is -0.429. The quantitative estimate of drug-likeness (QED) is 0.834. The standard InChI is InChI=1S/C15H15BrN2O3S/c1-11(15(19)17-13-9-7-12(16)8-10-13)18-22(20,21)14-5-3-2-4-6-14/h2-11,18H,1H3,(H,17,19)/t11-/m0/s1. The van der Waals surface area contributed by atoms with Crippen molar-refractivity contribution in [2.45, 2.75) is 17.9 Å². The predicted octanol–water partition coefficient (Wildman–Crippen LogP) is 2.75. The Kier molecular flexibility index (Phi) is 5.33. The third kappa shape index (κ3) is 4.40. The number of sulfonamides is 1. The van der Waals surface area contributed by atoms with Crippen LogP contribution in [0.1, 0.15) is 6.92 Å². The fraction of sp³-hybridized carbons (Fsp3) is 0.133.